The van der Waals surface area contributed by atoms with Gasteiger partial charge in [0.25, 0.3) is 5.95 Å². The van der Waals surface area contributed by atoms with Gasteiger partial charge in [0.05, 0.1) is 12.3 Å². The van der Waals surface area contributed by atoms with Crippen LogP contribution in [0.1, 0.15) is 18.6 Å². The average molecular weight is 270 g/mol. The monoisotopic (exact) mass is 270 g/mol. The van der Waals surface area contributed by atoms with Gasteiger partial charge < -0.3 is 4.74 Å². The largest absolute Gasteiger partial charge is 0.377 e. The number of methoxy groups -OCH3 is 1. The van der Waals surface area contributed by atoms with Crippen LogP contribution in [-0.2, 0) is 4.74 Å². The quantitative estimate of drug-likeness (QED) is 0.781. The number of rotatable bonds is 4. The molecule has 1 N–H and O–H groups in total. The van der Waals surface area contributed by atoms with Gasteiger partial charge in [0, 0.05) is 18.9 Å². The molecule has 0 aliphatic carbocycles. The molecule has 3 aromatic rings. The molecule has 2 aromatic heterocycles. The first-order valence-corrected chi connectivity index (χ1v) is 6.19. The Morgan fingerprint density at radius 2 is 2.20 bits per heavy atom. The highest BCUT2D eigenvalue weighted by molar-refractivity contribution is 5.63. The third-order valence-corrected chi connectivity index (χ3v) is 3.16. The van der Waals surface area contributed by atoms with Crippen LogP contribution in [0.15, 0.2) is 36.7 Å². The molecular formula is C13H14N6O. The molecule has 0 saturated carbocycles. The van der Waals surface area contributed by atoms with E-state index < -0.39 is 0 Å². The standard InChI is InChI=1S/C13H14N6O/c1-9(20-2)10-4-3-5-11(6-10)12-7-14-19(8-12)13-15-17-18-16-13/h3-9H,1-2H3,(H,15,16,17,18). The van der Waals surface area contributed by atoms with E-state index >= 15 is 0 Å². The lowest BCUT2D eigenvalue weighted by atomic mass is 10.0. The Hall–Kier alpha value is -2.54. The number of tetrazole rings is 1. The molecule has 102 valence electrons. The van der Waals surface area contributed by atoms with Gasteiger partial charge in [-0.15, -0.1) is 5.10 Å². The minimum Gasteiger partial charge on any atom is -0.377 e. The van der Waals surface area contributed by atoms with Crippen molar-refractivity contribution in [1.29, 1.82) is 0 Å². The van der Waals surface area contributed by atoms with E-state index in [0.29, 0.717) is 5.95 Å². The van der Waals surface area contributed by atoms with Crippen molar-refractivity contribution in [2.45, 2.75) is 13.0 Å². The second kappa shape index (κ2) is 5.22. The Morgan fingerprint density at radius 3 is 2.95 bits per heavy atom. The lowest BCUT2D eigenvalue weighted by molar-refractivity contribution is 0.119. The van der Waals surface area contributed by atoms with Crippen molar-refractivity contribution < 1.29 is 4.74 Å². The van der Waals surface area contributed by atoms with Gasteiger partial charge in [-0.05, 0) is 29.3 Å². The maximum Gasteiger partial charge on any atom is 0.290 e. The van der Waals surface area contributed by atoms with Crippen molar-refractivity contribution in [2.75, 3.05) is 7.11 Å². The van der Waals surface area contributed by atoms with Gasteiger partial charge >= 0.3 is 0 Å². The SMILES string of the molecule is COC(C)c1cccc(-c2cnn(-c3nn[nH]n3)c2)c1. The number of ether oxygens (including phenoxy) is 1. The maximum atomic E-state index is 5.34. The number of aromatic nitrogens is 6. The predicted octanol–water partition coefficient (Wildman–Crippen LogP) is 1.76. The molecule has 20 heavy (non-hydrogen) atoms. The first kappa shape index (κ1) is 12.5. The van der Waals surface area contributed by atoms with Crippen LogP contribution >= 0.6 is 0 Å². The van der Waals surface area contributed by atoms with E-state index in [2.05, 4.69) is 31.8 Å². The summed E-state index contributed by atoms with van der Waals surface area (Å²) in [4.78, 5) is 0. The van der Waals surface area contributed by atoms with Gasteiger partial charge in [-0.1, -0.05) is 23.3 Å². The number of hydrogen-bond donors (Lipinski definition) is 1. The summed E-state index contributed by atoms with van der Waals surface area (Å²) in [7, 11) is 1.70. The summed E-state index contributed by atoms with van der Waals surface area (Å²) in [6, 6.07) is 8.17. The van der Waals surface area contributed by atoms with Gasteiger partial charge in [-0.3, -0.25) is 0 Å². The van der Waals surface area contributed by atoms with Crippen LogP contribution in [0.4, 0.5) is 0 Å². The molecular weight excluding hydrogens is 256 g/mol. The highest BCUT2D eigenvalue weighted by Gasteiger charge is 2.09. The summed E-state index contributed by atoms with van der Waals surface area (Å²) in [6.45, 7) is 2.02. The summed E-state index contributed by atoms with van der Waals surface area (Å²) in [5.41, 5.74) is 3.18. The minimum absolute atomic E-state index is 0.0576. The Labute approximate surface area is 115 Å². The molecule has 7 nitrogen and oxygen atoms in total. The molecule has 0 fully saturated rings. The topological polar surface area (TPSA) is 81.5 Å². The van der Waals surface area contributed by atoms with E-state index in [1.165, 1.54) is 0 Å². The zero-order chi connectivity index (χ0) is 13.9. The fourth-order valence-corrected chi connectivity index (χ4v) is 1.94. The second-order valence-corrected chi connectivity index (χ2v) is 4.39. The third-order valence-electron chi connectivity index (χ3n) is 3.16. The Balaban J connectivity index is 1.93. The van der Waals surface area contributed by atoms with Crippen LogP contribution in [0, 0.1) is 0 Å². The first-order chi connectivity index (χ1) is 9.78. The van der Waals surface area contributed by atoms with Crippen molar-refractivity contribution in [2.24, 2.45) is 0 Å². The number of nitrogens with zero attached hydrogens (tertiary/aromatic N) is 5. The van der Waals surface area contributed by atoms with Gasteiger partial charge in [-0.25, -0.2) is 4.68 Å². The molecule has 0 radical (unpaired) electrons. The van der Waals surface area contributed by atoms with E-state index in [1.807, 2.05) is 31.3 Å². The van der Waals surface area contributed by atoms with Gasteiger partial charge in [0.15, 0.2) is 0 Å². The molecule has 0 spiro atoms. The Bertz CT molecular complexity index is 690. The first-order valence-electron chi connectivity index (χ1n) is 6.19. The number of hydrogen-bond acceptors (Lipinski definition) is 5. The summed E-state index contributed by atoms with van der Waals surface area (Å²) in [5.74, 6) is 0.415. The maximum absolute atomic E-state index is 5.34. The Kier molecular flexibility index (Phi) is 3.26. The number of nitrogens with one attached hydrogen (secondary N) is 1. The molecule has 1 aromatic carbocycles. The smallest absolute Gasteiger partial charge is 0.290 e. The zero-order valence-electron chi connectivity index (χ0n) is 11.2. The van der Waals surface area contributed by atoms with Crippen LogP contribution in [-0.4, -0.2) is 37.5 Å². The van der Waals surface area contributed by atoms with Gasteiger partial charge in [0.1, 0.15) is 0 Å². The van der Waals surface area contributed by atoms with Crippen LogP contribution in [0.3, 0.4) is 0 Å². The van der Waals surface area contributed by atoms with Crippen LogP contribution in [0.2, 0.25) is 0 Å². The van der Waals surface area contributed by atoms with E-state index in [9.17, 15) is 0 Å². The molecule has 0 saturated heterocycles. The van der Waals surface area contributed by atoms with Gasteiger partial charge in [-0.2, -0.15) is 10.3 Å². The van der Waals surface area contributed by atoms with Crippen molar-refractivity contribution in [3.63, 3.8) is 0 Å². The normalized spacial score (nSPS) is 12.5. The van der Waals surface area contributed by atoms with Crippen molar-refractivity contribution in [3.05, 3.63) is 42.2 Å². The van der Waals surface area contributed by atoms with Gasteiger partial charge in [0.2, 0.25) is 0 Å². The zero-order valence-corrected chi connectivity index (χ0v) is 11.2. The minimum atomic E-state index is 0.0576. The molecule has 1 unspecified atom stereocenters. The number of H-pyrrole nitrogens is 1. The van der Waals surface area contributed by atoms with Crippen molar-refractivity contribution >= 4 is 0 Å². The molecule has 3 rings (SSSR count). The second-order valence-electron chi connectivity index (χ2n) is 4.39. The van der Waals surface area contributed by atoms with Crippen molar-refractivity contribution in [3.8, 4) is 17.1 Å². The molecule has 2 heterocycles. The molecule has 0 aliphatic rings. The van der Waals surface area contributed by atoms with Crippen molar-refractivity contribution in [1.82, 2.24) is 30.4 Å². The summed E-state index contributed by atoms with van der Waals surface area (Å²) >= 11 is 0. The lowest BCUT2D eigenvalue weighted by Gasteiger charge is -2.10. The molecule has 0 aliphatic heterocycles. The van der Waals surface area contributed by atoms with E-state index in [0.717, 1.165) is 16.7 Å². The summed E-state index contributed by atoms with van der Waals surface area (Å²) in [5, 5.41) is 17.9. The van der Waals surface area contributed by atoms with Crippen LogP contribution in [0.5, 0.6) is 0 Å². The highest BCUT2D eigenvalue weighted by atomic mass is 16.5. The highest BCUT2D eigenvalue weighted by Crippen LogP contribution is 2.24. The molecule has 0 amide bonds. The molecule has 7 heteroatoms. The number of aromatic amines is 1. The Morgan fingerprint density at radius 1 is 1.30 bits per heavy atom. The van der Waals surface area contributed by atoms with Crippen LogP contribution in [0.25, 0.3) is 17.1 Å². The van der Waals surface area contributed by atoms with E-state index in [1.54, 1.807) is 18.0 Å². The predicted molar refractivity (Wildman–Crippen MR) is 72.2 cm³/mol. The summed E-state index contributed by atoms with van der Waals surface area (Å²) in [6.07, 6.45) is 3.69. The fraction of sp³-hybridized carbons (Fsp3) is 0.231. The van der Waals surface area contributed by atoms with E-state index in [4.69, 9.17) is 4.74 Å². The average Bonchev–Trinajstić information content (AvgIpc) is 3.17. The molecule has 0 bridgehead atoms. The molecule has 1 atom stereocenters. The third kappa shape index (κ3) is 2.30. The number of benzene rings is 1. The fourth-order valence-electron chi connectivity index (χ4n) is 1.94. The summed E-state index contributed by atoms with van der Waals surface area (Å²) < 4.78 is 6.91. The van der Waals surface area contributed by atoms with E-state index in [-0.39, 0.29) is 6.10 Å². The van der Waals surface area contributed by atoms with Crippen LogP contribution < -0.4 is 0 Å². The lowest BCUT2D eigenvalue weighted by Crippen LogP contribution is -1.96.